The highest BCUT2D eigenvalue weighted by Gasteiger charge is 2.47. The van der Waals surface area contributed by atoms with Gasteiger partial charge in [-0.15, -0.1) is 0 Å². The third-order valence-electron chi connectivity index (χ3n) is 5.15. The number of carbonyl (C=O) groups is 1. The van der Waals surface area contributed by atoms with Crippen LogP contribution in [0.25, 0.3) is 0 Å². The van der Waals surface area contributed by atoms with Crippen LogP contribution in [0.1, 0.15) is 47.4 Å². The maximum absolute atomic E-state index is 13.7. The Morgan fingerprint density at radius 1 is 1.14 bits per heavy atom. The zero-order valence-corrected chi connectivity index (χ0v) is 16.2. The minimum atomic E-state index is -4.51. The fraction of sp³-hybridized carbons (Fsp3) is 0.444. The van der Waals surface area contributed by atoms with E-state index in [1.165, 1.54) is 6.07 Å². The van der Waals surface area contributed by atoms with E-state index in [9.17, 15) is 18.0 Å². The monoisotopic (exact) mass is 432 g/mol. The molecule has 1 aromatic carbocycles. The second-order valence-electron chi connectivity index (χ2n) is 7.02. The topological polar surface area (TPSA) is 50.2 Å². The Kier molecular flexibility index (Phi) is 4.95. The van der Waals surface area contributed by atoms with Crippen molar-refractivity contribution in [2.24, 2.45) is 0 Å². The number of hydrogen-bond acceptors (Lipinski definition) is 3. The summed E-state index contributed by atoms with van der Waals surface area (Å²) < 4.78 is 42.1. The molecule has 28 heavy (non-hydrogen) atoms. The van der Waals surface area contributed by atoms with Crippen molar-refractivity contribution in [1.82, 2.24) is 14.7 Å². The maximum atomic E-state index is 13.7. The summed E-state index contributed by atoms with van der Waals surface area (Å²) in [5, 5.41) is 7.66. The molecular formula is C18H17Cl2F3N4O. The minimum absolute atomic E-state index is 0.0217. The molecule has 0 saturated carbocycles. The fourth-order valence-corrected chi connectivity index (χ4v) is 4.01. The molecule has 0 spiro atoms. The van der Waals surface area contributed by atoms with Crippen LogP contribution in [0.5, 0.6) is 0 Å². The lowest BCUT2D eigenvalue weighted by molar-refractivity contribution is -0.173. The third kappa shape index (κ3) is 3.55. The fourth-order valence-electron chi connectivity index (χ4n) is 3.71. The summed E-state index contributed by atoms with van der Waals surface area (Å²) in [6.45, 7) is 1.20. The van der Waals surface area contributed by atoms with Gasteiger partial charge >= 0.3 is 6.18 Å². The number of alkyl halides is 3. The molecule has 2 aliphatic heterocycles. The summed E-state index contributed by atoms with van der Waals surface area (Å²) in [5.74, 6) is -0.180. The molecule has 4 rings (SSSR count). The first-order valence-electron chi connectivity index (χ1n) is 8.91. The van der Waals surface area contributed by atoms with Gasteiger partial charge in [-0.05, 0) is 30.5 Å². The number of rotatable bonds is 2. The predicted molar refractivity (Wildman–Crippen MR) is 99.9 cm³/mol. The SMILES string of the molecule is O=C(c1cc2n(n1)[C@H](C(F)(F)F)C[C@@H](c1ccc(Cl)c(Cl)c1)N2)N1CCCC1. The Labute approximate surface area is 169 Å². The molecule has 0 aliphatic carbocycles. The standard InChI is InChI=1S/C18H17Cl2F3N4O/c19-11-4-3-10(7-12(11)20)13-8-15(18(21,22)23)27-16(24-13)9-14(25-27)17(28)26-5-1-2-6-26/h3-4,7,9,13,15,24H,1-2,5-6,8H2/t13-,15-/m0/s1. The van der Waals surface area contributed by atoms with Crippen molar-refractivity contribution in [2.45, 2.75) is 37.5 Å². The average molecular weight is 433 g/mol. The number of amides is 1. The van der Waals surface area contributed by atoms with E-state index in [1.54, 1.807) is 23.1 Å². The van der Waals surface area contributed by atoms with E-state index in [2.05, 4.69) is 10.4 Å². The van der Waals surface area contributed by atoms with Gasteiger partial charge in [-0.25, -0.2) is 4.68 Å². The summed E-state index contributed by atoms with van der Waals surface area (Å²) >= 11 is 11.9. The van der Waals surface area contributed by atoms with E-state index in [0.717, 1.165) is 17.5 Å². The smallest absolute Gasteiger partial charge is 0.363 e. The second kappa shape index (κ2) is 7.15. The Morgan fingerprint density at radius 3 is 2.50 bits per heavy atom. The van der Waals surface area contributed by atoms with Crippen LogP contribution in [0.15, 0.2) is 24.3 Å². The zero-order chi connectivity index (χ0) is 20.1. The van der Waals surface area contributed by atoms with Gasteiger partial charge in [0, 0.05) is 25.6 Å². The average Bonchev–Trinajstić information content (AvgIpc) is 3.31. The summed E-state index contributed by atoms with van der Waals surface area (Å²) in [4.78, 5) is 14.2. The number of nitrogens with one attached hydrogen (secondary N) is 1. The molecule has 5 nitrogen and oxygen atoms in total. The van der Waals surface area contributed by atoms with Gasteiger partial charge in [-0.2, -0.15) is 18.3 Å². The highest BCUT2D eigenvalue weighted by atomic mass is 35.5. The molecule has 1 amide bonds. The van der Waals surface area contributed by atoms with E-state index >= 15 is 0 Å². The van der Waals surface area contributed by atoms with Crippen LogP contribution in [-0.4, -0.2) is 39.9 Å². The number of benzene rings is 1. The first-order valence-corrected chi connectivity index (χ1v) is 9.66. The quantitative estimate of drug-likeness (QED) is 0.718. The number of fused-ring (bicyclic) bond motifs is 1. The summed E-state index contributed by atoms with van der Waals surface area (Å²) in [6.07, 6.45) is -3.00. The van der Waals surface area contributed by atoms with E-state index in [1.807, 2.05) is 0 Å². The minimum Gasteiger partial charge on any atom is -0.363 e. The lowest BCUT2D eigenvalue weighted by Crippen LogP contribution is -2.36. The number of anilines is 1. The lowest BCUT2D eigenvalue weighted by atomic mass is 9.97. The van der Waals surface area contributed by atoms with Crippen LogP contribution in [-0.2, 0) is 0 Å². The molecule has 2 aliphatic rings. The molecule has 1 fully saturated rings. The second-order valence-corrected chi connectivity index (χ2v) is 7.84. The van der Waals surface area contributed by atoms with Gasteiger partial charge in [-0.3, -0.25) is 4.79 Å². The highest BCUT2D eigenvalue weighted by molar-refractivity contribution is 6.42. The summed E-state index contributed by atoms with van der Waals surface area (Å²) in [5.41, 5.74) is 0.608. The van der Waals surface area contributed by atoms with Crippen molar-refractivity contribution in [3.63, 3.8) is 0 Å². The molecule has 0 unspecified atom stereocenters. The van der Waals surface area contributed by atoms with Crippen LogP contribution in [0, 0.1) is 0 Å². The van der Waals surface area contributed by atoms with Gasteiger partial charge in [0.1, 0.15) is 5.82 Å². The molecule has 2 aromatic rings. The molecule has 1 aromatic heterocycles. The van der Waals surface area contributed by atoms with Crippen LogP contribution >= 0.6 is 23.2 Å². The van der Waals surface area contributed by atoms with Crippen LogP contribution in [0.4, 0.5) is 19.0 Å². The van der Waals surface area contributed by atoms with Gasteiger partial charge in [0.15, 0.2) is 11.7 Å². The zero-order valence-electron chi connectivity index (χ0n) is 14.6. The number of carbonyl (C=O) groups excluding carboxylic acids is 1. The number of hydrogen-bond donors (Lipinski definition) is 1. The largest absolute Gasteiger partial charge is 0.410 e. The van der Waals surface area contributed by atoms with E-state index in [0.29, 0.717) is 23.7 Å². The Bertz CT molecular complexity index is 909. The number of likely N-dealkylation sites (tertiary alicyclic amines) is 1. The van der Waals surface area contributed by atoms with Crippen molar-refractivity contribution < 1.29 is 18.0 Å². The number of aromatic nitrogens is 2. The Balaban J connectivity index is 1.69. The highest BCUT2D eigenvalue weighted by Crippen LogP contribution is 2.44. The van der Waals surface area contributed by atoms with Crippen molar-refractivity contribution in [3.8, 4) is 0 Å². The van der Waals surface area contributed by atoms with E-state index in [-0.39, 0.29) is 28.9 Å². The first kappa shape index (κ1) is 19.4. The molecule has 2 atom stereocenters. The molecular weight excluding hydrogens is 416 g/mol. The van der Waals surface area contributed by atoms with E-state index < -0.39 is 18.3 Å². The Morgan fingerprint density at radius 2 is 1.86 bits per heavy atom. The van der Waals surface area contributed by atoms with Gasteiger partial charge in [-0.1, -0.05) is 29.3 Å². The summed E-state index contributed by atoms with van der Waals surface area (Å²) in [6, 6.07) is 3.66. The van der Waals surface area contributed by atoms with Gasteiger partial charge < -0.3 is 10.2 Å². The van der Waals surface area contributed by atoms with Crippen molar-refractivity contribution in [1.29, 1.82) is 0 Å². The van der Waals surface area contributed by atoms with Crippen molar-refractivity contribution in [2.75, 3.05) is 18.4 Å². The molecule has 0 bridgehead atoms. The van der Waals surface area contributed by atoms with Crippen LogP contribution in [0.2, 0.25) is 10.0 Å². The maximum Gasteiger partial charge on any atom is 0.410 e. The molecule has 3 heterocycles. The van der Waals surface area contributed by atoms with Crippen molar-refractivity contribution in [3.05, 3.63) is 45.6 Å². The van der Waals surface area contributed by atoms with Crippen molar-refractivity contribution >= 4 is 34.9 Å². The van der Waals surface area contributed by atoms with Crippen LogP contribution in [0.3, 0.4) is 0 Å². The van der Waals surface area contributed by atoms with Gasteiger partial charge in [0.2, 0.25) is 0 Å². The predicted octanol–water partition coefficient (Wildman–Crippen LogP) is 5.09. The Hall–Kier alpha value is -1.93. The van der Waals surface area contributed by atoms with Crippen LogP contribution < -0.4 is 5.32 Å². The van der Waals surface area contributed by atoms with Gasteiger partial charge in [0.05, 0.1) is 16.1 Å². The normalized spacial score (nSPS) is 22.1. The third-order valence-corrected chi connectivity index (χ3v) is 5.89. The lowest BCUT2D eigenvalue weighted by Gasteiger charge is -2.33. The molecule has 1 saturated heterocycles. The molecule has 0 radical (unpaired) electrons. The molecule has 10 heteroatoms. The number of halogens is 5. The van der Waals surface area contributed by atoms with Gasteiger partial charge in [0.25, 0.3) is 5.91 Å². The first-order chi connectivity index (χ1) is 13.2. The molecule has 1 N–H and O–H groups in total. The molecule has 150 valence electrons. The number of nitrogens with zero attached hydrogens (tertiary/aromatic N) is 3. The van der Waals surface area contributed by atoms with E-state index in [4.69, 9.17) is 23.2 Å². The summed E-state index contributed by atoms with van der Waals surface area (Å²) in [7, 11) is 0.